The molecule has 0 spiro atoms. The maximum atomic E-state index is 13.3. The number of amides is 3. The first-order valence-corrected chi connectivity index (χ1v) is 11.0. The molecule has 0 aromatic heterocycles. The van der Waals surface area contributed by atoms with Crippen molar-refractivity contribution in [2.24, 2.45) is 5.92 Å². The van der Waals surface area contributed by atoms with E-state index in [9.17, 15) is 14.4 Å². The number of alkyl carbamates (subject to hydrolysis) is 1. The van der Waals surface area contributed by atoms with Crippen LogP contribution < -0.4 is 10.6 Å². The average Bonchev–Trinajstić information content (AvgIpc) is 3.33. The van der Waals surface area contributed by atoms with Crippen molar-refractivity contribution in [1.82, 2.24) is 15.5 Å². The maximum absolute atomic E-state index is 13.3. The molecule has 0 radical (unpaired) electrons. The van der Waals surface area contributed by atoms with E-state index in [1.54, 1.807) is 25.7 Å². The Kier molecular flexibility index (Phi) is 7.73. The molecule has 0 heterocycles. The second-order valence-electron chi connectivity index (χ2n) is 9.85. The highest BCUT2D eigenvalue weighted by atomic mass is 16.6. The predicted octanol–water partition coefficient (Wildman–Crippen LogP) is 3.63. The summed E-state index contributed by atoms with van der Waals surface area (Å²) in [5, 5.41) is 5.50. The van der Waals surface area contributed by atoms with Crippen LogP contribution in [-0.2, 0) is 14.3 Å². The summed E-state index contributed by atoms with van der Waals surface area (Å²) in [5.41, 5.74) is 2.29. The molecule has 7 heteroatoms. The van der Waals surface area contributed by atoms with Gasteiger partial charge in [0.05, 0.1) is 0 Å². The maximum Gasteiger partial charge on any atom is 0.408 e. The largest absolute Gasteiger partial charge is 0.444 e. The lowest BCUT2D eigenvalue weighted by atomic mass is 9.98. The molecule has 2 rings (SSSR count). The second-order valence-corrected chi connectivity index (χ2v) is 9.85. The van der Waals surface area contributed by atoms with Gasteiger partial charge < -0.3 is 20.3 Å². The van der Waals surface area contributed by atoms with Gasteiger partial charge in [0.15, 0.2) is 0 Å². The number of hydrogen-bond acceptors (Lipinski definition) is 4. The van der Waals surface area contributed by atoms with E-state index in [-0.39, 0.29) is 30.4 Å². The van der Waals surface area contributed by atoms with Gasteiger partial charge in [-0.3, -0.25) is 9.59 Å². The molecule has 1 aliphatic carbocycles. The third-order valence-electron chi connectivity index (χ3n) is 5.30. The monoisotopic (exact) mass is 431 g/mol. The van der Waals surface area contributed by atoms with Gasteiger partial charge in [0.25, 0.3) is 0 Å². The van der Waals surface area contributed by atoms with Crippen molar-refractivity contribution in [3.05, 3.63) is 34.9 Å². The molecule has 1 aromatic carbocycles. The normalized spacial score (nSPS) is 18.9. The first-order valence-electron chi connectivity index (χ1n) is 11.0. The average molecular weight is 432 g/mol. The molecule has 7 nitrogen and oxygen atoms in total. The summed E-state index contributed by atoms with van der Waals surface area (Å²) in [4.78, 5) is 40.2. The van der Waals surface area contributed by atoms with Crippen molar-refractivity contribution < 1.29 is 19.1 Å². The molecule has 1 aliphatic rings. The molecule has 1 fully saturated rings. The molecule has 3 atom stereocenters. The van der Waals surface area contributed by atoms with Crippen LogP contribution in [0, 0.1) is 19.8 Å². The molecule has 1 saturated carbocycles. The van der Waals surface area contributed by atoms with Crippen LogP contribution in [0.4, 0.5) is 4.79 Å². The minimum atomic E-state index is -0.760. The Labute approximate surface area is 185 Å². The zero-order valence-electron chi connectivity index (χ0n) is 20.0. The van der Waals surface area contributed by atoms with Gasteiger partial charge in [0, 0.05) is 12.1 Å². The molecule has 172 valence electrons. The summed E-state index contributed by atoms with van der Waals surface area (Å²) in [5.74, 6) is -0.225. The third-order valence-corrected chi connectivity index (χ3v) is 5.30. The number of aryl methyl sites for hydroxylation is 2. The first kappa shape index (κ1) is 24.7. The lowest BCUT2D eigenvalue weighted by Gasteiger charge is -2.33. The topological polar surface area (TPSA) is 87.7 Å². The minimum absolute atomic E-state index is 0.0440. The van der Waals surface area contributed by atoms with Crippen molar-refractivity contribution in [2.45, 2.75) is 85.5 Å². The van der Waals surface area contributed by atoms with E-state index >= 15 is 0 Å². The number of carbonyl (C=O) groups excluding carboxylic acids is 3. The van der Waals surface area contributed by atoms with Crippen molar-refractivity contribution in [2.75, 3.05) is 6.54 Å². The number of nitrogens with zero attached hydrogens (tertiary/aromatic N) is 1. The predicted molar refractivity (Wildman–Crippen MR) is 121 cm³/mol. The van der Waals surface area contributed by atoms with Crippen LogP contribution in [0.2, 0.25) is 0 Å². The Balaban J connectivity index is 2.32. The van der Waals surface area contributed by atoms with Crippen LogP contribution in [0.25, 0.3) is 0 Å². The molecule has 31 heavy (non-hydrogen) atoms. The molecule has 0 aliphatic heterocycles. The van der Waals surface area contributed by atoms with Crippen molar-refractivity contribution in [3.63, 3.8) is 0 Å². The van der Waals surface area contributed by atoms with Gasteiger partial charge in [-0.15, -0.1) is 0 Å². The van der Waals surface area contributed by atoms with E-state index in [1.807, 2.05) is 45.9 Å². The van der Waals surface area contributed by atoms with Gasteiger partial charge >= 0.3 is 6.09 Å². The fraction of sp³-hybridized carbons (Fsp3) is 0.625. The van der Waals surface area contributed by atoms with Crippen LogP contribution in [-0.4, -0.2) is 47.0 Å². The van der Waals surface area contributed by atoms with Crippen LogP contribution in [0.3, 0.4) is 0 Å². The second kappa shape index (κ2) is 9.71. The highest BCUT2D eigenvalue weighted by molar-refractivity contribution is 5.91. The quantitative estimate of drug-likeness (QED) is 0.690. The van der Waals surface area contributed by atoms with Gasteiger partial charge in [0.1, 0.15) is 18.2 Å². The summed E-state index contributed by atoms with van der Waals surface area (Å²) in [6.45, 7) is 14.9. The Morgan fingerprint density at radius 2 is 1.77 bits per heavy atom. The van der Waals surface area contributed by atoms with Crippen molar-refractivity contribution >= 4 is 17.9 Å². The number of benzene rings is 1. The lowest BCUT2D eigenvalue weighted by molar-refractivity contribution is -0.141. The van der Waals surface area contributed by atoms with Crippen LogP contribution in [0.15, 0.2) is 18.2 Å². The highest BCUT2D eigenvalue weighted by Gasteiger charge is 2.46. The van der Waals surface area contributed by atoms with Gasteiger partial charge in [0.2, 0.25) is 11.8 Å². The van der Waals surface area contributed by atoms with E-state index in [0.717, 1.165) is 23.1 Å². The molecule has 0 bridgehead atoms. The van der Waals surface area contributed by atoms with Crippen LogP contribution in [0.1, 0.15) is 70.7 Å². The molecular weight excluding hydrogens is 394 g/mol. The van der Waals surface area contributed by atoms with Crippen molar-refractivity contribution in [1.29, 1.82) is 0 Å². The Morgan fingerprint density at radius 1 is 1.16 bits per heavy atom. The molecule has 0 saturated heterocycles. The highest BCUT2D eigenvalue weighted by Crippen LogP contribution is 2.40. The van der Waals surface area contributed by atoms with Gasteiger partial charge in [-0.05, 0) is 77.5 Å². The summed E-state index contributed by atoms with van der Waals surface area (Å²) in [6.07, 6.45) is 0.174. The van der Waals surface area contributed by atoms with Crippen LogP contribution in [0.5, 0.6) is 0 Å². The Hall–Kier alpha value is -2.57. The van der Waals surface area contributed by atoms with E-state index in [2.05, 4.69) is 17.6 Å². The zero-order chi connectivity index (χ0) is 23.5. The Morgan fingerprint density at radius 3 is 2.26 bits per heavy atom. The number of hydrogen-bond donors (Lipinski definition) is 2. The summed E-state index contributed by atoms with van der Waals surface area (Å²) >= 11 is 0. The summed E-state index contributed by atoms with van der Waals surface area (Å²) in [7, 11) is 0. The standard InChI is InChI=1S/C24H37N3O4/c1-14(2)26-22(29)21(18-10-9-15(3)16(4)11-18)27(19-12-17(19)5)20(28)13-25-23(30)31-24(6,7)8/h9-11,14,17,19,21H,12-13H2,1-8H3,(H,25,30)(H,26,29). The van der Waals surface area contributed by atoms with Crippen molar-refractivity contribution in [3.8, 4) is 0 Å². The van der Waals surface area contributed by atoms with E-state index in [1.165, 1.54) is 0 Å². The SMILES string of the molecule is Cc1ccc(C(C(=O)NC(C)C)N(C(=O)CNC(=O)OC(C)(C)C)C2CC2C)cc1C. The van der Waals surface area contributed by atoms with E-state index < -0.39 is 17.7 Å². The number of rotatable bonds is 7. The summed E-state index contributed by atoms with van der Waals surface area (Å²) in [6, 6.07) is 4.98. The zero-order valence-corrected chi connectivity index (χ0v) is 20.0. The molecule has 3 unspecified atom stereocenters. The van der Waals surface area contributed by atoms with Gasteiger partial charge in [-0.2, -0.15) is 0 Å². The number of carbonyl (C=O) groups is 3. The first-order chi connectivity index (χ1) is 14.3. The van der Waals surface area contributed by atoms with Crippen LogP contribution >= 0.6 is 0 Å². The third kappa shape index (κ3) is 6.97. The molecule has 3 amide bonds. The minimum Gasteiger partial charge on any atom is -0.444 e. The molecule has 1 aromatic rings. The smallest absolute Gasteiger partial charge is 0.408 e. The number of ether oxygens (including phenoxy) is 1. The lowest BCUT2D eigenvalue weighted by Crippen LogP contribution is -2.50. The Bertz CT molecular complexity index is 829. The number of nitrogens with one attached hydrogen (secondary N) is 2. The van der Waals surface area contributed by atoms with Gasteiger partial charge in [-0.1, -0.05) is 25.1 Å². The fourth-order valence-corrected chi connectivity index (χ4v) is 3.50. The summed E-state index contributed by atoms with van der Waals surface area (Å²) < 4.78 is 5.24. The molecule has 2 N–H and O–H groups in total. The van der Waals surface area contributed by atoms with E-state index in [4.69, 9.17) is 4.74 Å². The molecular formula is C24H37N3O4. The van der Waals surface area contributed by atoms with Gasteiger partial charge in [-0.25, -0.2) is 4.79 Å². The van der Waals surface area contributed by atoms with E-state index in [0.29, 0.717) is 5.92 Å². The fourth-order valence-electron chi connectivity index (χ4n) is 3.50.